The van der Waals surface area contributed by atoms with Crippen molar-refractivity contribution in [3.8, 4) is 0 Å². The lowest BCUT2D eigenvalue weighted by Gasteiger charge is -2.42. The number of nitrogens with zero attached hydrogens (tertiary/aromatic N) is 1. The van der Waals surface area contributed by atoms with Crippen molar-refractivity contribution in [3.05, 3.63) is 0 Å². The second-order valence-corrected chi connectivity index (χ2v) is 6.72. The molecular formula is C16H32N2O. The van der Waals surface area contributed by atoms with E-state index in [0.717, 1.165) is 38.1 Å². The van der Waals surface area contributed by atoms with E-state index in [9.17, 15) is 0 Å². The Morgan fingerprint density at radius 2 is 2.11 bits per heavy atom. The molecule has 0 spiro atoms. The van der Waals surface area contributed by atoms with Gasteiger partial charge in [-0.25, -0.2) is 0 Å². The van der Waals surface area contributed by atoms with Crippen molar-refractivity contribution in [2.24, 2.45) is 11.8 Å². The molecule has 1 N–H and O–H groups in total. The molecule has 1 aliphatic carbocycles. The molecule has 2 unspecified atom stereocenters. The van der Waals surface area contributed by atoms with Crippen molar-refractivity contribution in [1.29, 1.82) is 0 Å². The molecule has 1 heterocycles. The van der Waals surface area contributed by atoms with Gasteiger partial charge in [0.15, 0.2) is 0 Å². The number of hydrogen-bond donors (Lipinski definition) is 1. The van der Waals surface area contributed by atoms with Crippen molar-refractivity contribution in [1.82, 2.24) is 10.2 Å². The Hall–Kier alpha value is -0.120. The quantitative estimate of drug-likeness (QED) is 0.685. The van der Waals surface area contributed by atoms with Gasteiger partial charge in [-0.05, 0) is 31.1 Å². The van der Waals surface area contributed by atoms with Crippen molar-refractivity contribution in [3.63, 3.8) is 0 Å². The first-order chi connectivity index (χ1) is 9.20. The molecule has 0 amide bonds. The van der Waals surface area contributed by atoms with Crippen LogP contribution in [0.4, 0.5) is 0 Å². The molecule has 2 fully saturated rings. The molecule has 0 bridgehead atoms. The summed E-state index contributed by atoms with van der Waals surface area (Å²) in [4.78, 5) is 2.66. The lowest BCUT2D eigenvalue weighted by molar-refractivity contribution is 0.0460. The van der Waals surface area contributed by atoms with Gasteiger partial charge in [0.25, 0.3) is 0 Å². The van der Waals surface area contributed by atoms with Crippen LogP contribution in [0.25, 0.3) is 0 Å². The molecule has 3 nitrogen and oxygen atoms in total. The molecule has 3 heteroatoms. The predicted molar refractivity (Wildman–Crippen MR) is 80.4 cm³/mol. The Morgan fingerprint density at radius 3 is 2.74 bits per heavy atom. The van der Waals surface area contributed by atoms with Crippen molar-refractivity contribution < 1.29 is 4.74 Å². The second-order valence-electron chi connectivity index (χ2n) is 6.72. The van der Waals surface area contributed by atoms with Gasteiger partial charge in [0.2, 0.25) is 0 Å². The molecule has 0 aromatic carbocycles. The first kappa shape index (κ1) is 15.3. The van der Waals surface area contributed by atoms with E-state index in [1.165, 1.54) is 32.2 Å². The summed E-state index contributed by atoms with van der Waals surface area (Å²) in [6, 6.07) is 1.36. The van der Waals surface area contributed by atoms with Crippen LogP contribution in [0.2, 0.25) is 0 Å². The van der Waals surface area contributed by atoms with E-state index >= 15 is 0 Å². The highest BCUT2D eigenvalue weighted by Crippen LogP contribution is 2.28. The van der Waals surface area contributed by atoms with Crippen LogP contribution in [0.15, 0.2) is 0 Å². The summed E-state index contributed by atoms with van der Waals surface area (Å²) in [7, 11) is 0. The highest BCUT2D eigenvalue weighted by molar-refractivity contribution is 4.87. The van der Waals surface area contributed by atoms with Crippen LogP contribution in [0.5, 0.6) is 0 Å². The molecule has 0 aromatic rings. The zero-order valence-corrected chi connectivity index (χ0v) is 13.0. The molecule has 2 atom stereocenters. The number of piperazine rings is 1. The van der Waals surface area contributed by atoms with Gasteiger partial charge >= 0.3 is 0 Å². The average Bonchev–Trinajstić information content (AvgIpc) is 3.19. The smallest absolute Gasteiger partial charge is 0.0593 e. The van der Waals surface area contributed by atoms with Gasteiger partial charge in [-0.1, -0.05) is 27.2 Å². The number of hydrogen-bond acceptors (Lipinski definition) is 3. The standard InChI is InChI=1S/C16H32N2O/c1-4-5-15-11-18(16(10-17-15)13(2)3)8-9-19-12-14-6-7-14/h13-17H,4-12H2,1-3H3. The SMILES string of the molecule is CCCC1CN(CCOCC2CC2)C(C(C)C)CN1. The van der Waals surface area contributed by atoms with E-state index in [0.29, 0.717) is 12.1 Å². The minimum atomic E-state index is 0.678. The molecule has 0 aromatic heterocycles. The Bertz CT molecular complexity index is 253. The zero-order chi connectivity index (χ0) is 13.7. The Kier molecular flexibility index (Phi) is 6.11. The summed E-state index contributed by atoms with van der Waals surface area (Å²) in [6.45, 7) is 12.3. The third-order valence-corrected chi connectivity index (χ3v) is 4.52. The van der Waals surface area contributed by atoms with Crippen LogP contribution in [-0.2, 0) is 4.74 Å². The normalized spacial score (nSPS) is 29.1. The van der Waals surface area contributed by atoms with Gasteiger partial charge in [0.05, 0.1) is 6.61 Å². The summed E-state index contributed by atoms with van der Waals surface area (Å²) in [5.74, 6) is 1.61. The van der Waals surface area contributed by atoms with Crippen LogP contribution in [-0.4, -0.2) is 49.8 Å². The molecule has 0 radical (unpaired) electrons. The highest BCUT2D eigenvalue weighted by atomic mass is 16.5. The molecule has 112 valence electrons. The van der Waals surface area contributed by atoms with Crippen LogP contribution >= 0.6 is 0 Å². The third kappa shape index (κ3) is 5.05. The van der Waals surface area contributed by atoms with Gasteiger partial charge in [0.1, 0.15) is 0 Å². The average molecular weight is 268 g/mol. The van der Waals surface area contributed by atoms with E-state index in [1.54, 1.807) is 0 Å². The molecule has 1 aliphatic heterocycles. The van der Waals surface area contributed by atoms with Gasteiger partial charge < -0.3 is 10.1 Å². The number of nitrogens with one attached hydrogen (secondary N) is 1. The van der Waals surface area contributed by atoms with Crippen molar-refractivity contribution in [2.45, 2.75) is 58.5 Å². The van der Waals surface area contributed by atoms with Gasteiger partial charge in [-0.3, -0.25) is 4.90 Å². The van der Waals surface area contributed by atoms with Crippen molar-refractivity contribution >= 4 is 0 Å². The molecular weight excluding hydrogens is 236 g/mol. The topological polar surface area (TPSA) is 24.5 Å². The Balaban J connectivity index is 1.73. The minimum Gasteiger partial charge on any atom is -0.380 e. The maximum absolute atomic E-state index is 5.82. The summed E-state index contributed by atoms with van der Waals surface area (Å²) >= 11 is 0. The fraction of sp³-hybridized carbons (Fsp3) is 1.00. The number of rotatable bonds is 8. The maximum Gasteiger partial charge on any atom is 0.0593 e. The first-order valence-electron chi connectivity index (χ1n) is 8.25. The van der Waals surface area contributed by atoms with Crippen LogP contribution in [0.3, 0.4) is 0 Å². The molecule has 2 rings (SSSR count). The lowest BCUT2D eigenvalue weighted by atomic mass is 9.97. The van der Waals surface area contributed by atoms with Gasteiger partial charge in [-0.2, -0.15) is 0 Å². The molecule has 2 aliphatic rings. The maximum atomic E-state index is 5.82. The molecule has 1 saturated heterocycles. The Labute approximate surface area is 119 Å². The summed E-state index contributed by atoms with van der Waals surface area (Å²) in [5.41, 5.74) is 0. The first-order valence-corrected chi connectivity index (χ1v) is 8.25. The van der Waals surface area contributed by atoms with Crippen molar-refractivity contribution in [2.75, 3.05) is 32.8 Å². The van der Waals surface area contributed by atoms with E-state index in [-0.39, 0.29) is 0 Å². The van der Waals surface area contributed by atoms with E-state index in [4.69, 9.17) is 4.74 Å². The lowest BCUT2D eigenvalue weighted by Crippen LogP contribution is -2.58. The molecule has 1 saturated carbocycles. The van der Waals surface area contributed by atoms with Gasteiger partial charge in [-0.15, -0.1) is 0 Å². The van der Waals surface area contributed by atoms with E-state index in [2.05, 4.69) is 31.0 Å². The fourth-order valence-electron chi connectivity index (χ4n) is 3.07. The monoisotopic (exact) mass is 268 g/mol. The van der Waals surface area contributed by atoms with Crippen LogP contribution in [0.1, 0.15) is 46.5 Å². The summed E-state index contributed by atoms with van der Waals surface area (Å²) in [6.07, 6.45) is 5.35. The van der Waals surface area contributed by atoms with Crippen LogP contribution < -0.4 is 5.32 Å². The van der Waals surface area contributed by atoms with Crippen LogP contribution in [0, 0.1) is 11.8 Å². The highest BCUT2D eigenvalue weighted by Gasteiger charge is 2.29. The zero-order valence-electron chi connectivity index (χ0n) is 13.0. The minimum absolute atomic E-state index is 0.678. The Morgan fingerprint density at radius 1 is 1.32 bits per heavy atom. The van der Waals surface area contributed by atoms with E-state index < -0.39 is 0 Å². The summed E-state index contributed by atoms with van der Waals surface area (Å²) in [5, 5.41) is 3.72. The molecule has 19 heavy (non-hydrogen) atoms. The fourth-order valence-corrected chi connectivity index (χ4v) is 3.07. The largest absolute Gasteiger partial charge is 0.380 e. The predicted octanol–water partition coefficient (Wildman–Crippen LogP) is 2.51. The van der Waals surface area contributed by atoms with E-state index in [1.807, 2.05) is 0 Å². The third-order valence-electron chi connectivity index (χ3n) is 4.52. The van der Waals surface area contributed by atoms with Gasteiger partial charge in [0, 0.05) is 38.3 Å². The second kappa shape index (κ2) is 7.61. The number of ether oxygens (including phenoxy) is 1. The summed E-state index contributed by atoms with van der Waals surface area (Å²) < 4.78 is 5.82.